The van der Waals surface area contributed by atoms with Gasteiger partial charge in [-0.05, 0) is 73.9 Å². The molecule has 3 rings (SSSR count). The summed E-state index contributed by atoms with van der Waals surface area (Å²) < 4.78 is 28.7. The van der Waals surface area contributed by atoms with Gasteiger partial charge < -0.3 is 10.4 Å². The number of unbranched alkanes of at least 4 members (excludes halogenated alkanes) is 1. The van der Waals surface area contributed by atoms with Crippen LogP contribution in [0.25, 0.3) is 11.1 Å². The van der Waals surface area contributed by atoms with Crippen molar-refractivity contribution in [3.8, 4) is 11.1 Å². The van der Waals surface area contributed by atoms with Crippen LogP contribution in [0.1, 0.15) is 44.9 Å². The quantitative estimate of drug-likeness (QED) is 0.264. The zero-order valence-electron chi connectivity index (χ0n) is 18.8. The summed E-state index contributed by atoms with van der Waals surface area (Å²) in [5, 5.41) is 12.3. The first-order valence-electron chi connectivity index (χ1n) is 11.3. The third-order valence-corrected chi connectivity index (χ3v) is 7.72. The maximum atomic E-state index is 12.7. The van der Waals surface area contributed by atoms with Gasteiger partial charge in [0.05, 0.1) is 4.90 Å². The number of carbonyl (C=O) groups is 2. The molecule has 1 aliphatic rings. The Balaban J connectivity index is 1.49. The molecule has 0 spiro atoms. The van der Waals surface area contributed by atoms with E-state index in [0.29, 0.717) is 25.8 Å². The van der Waals surface area contributed by atoms with Crippen molar-refractivity contribution in [2.24, 2.45) is 0 Å². The number of carboxylic acid groups (broad SMARTS) is 1. The van der Waals surface area contributed by atoms with Crippen molar-refractivity contribution in [3.63, 3.8) is 0 Å². The van der Waals surface area contributed by atoms with Crippen LogP contribution in [0.4, 0.5) is 0 Å². The van der Waals surface area contributed by atoms with Crippen LogP contribution < -0.4 is 10.0 Å². The summed E-state index contributed by atoms with van der Waals surface area (Å²) in [6, 6.07) is 12.7. The minimum atomic E-state index is -3.99. The number of nitrogens with one attached hydrogen (secondary N) is 2. The first kappa shape index (κ1) is 26.1. The van der Waals surface area contributed by atoms with E-state index in [1.54, 1.807) is 12.1 Å². The minimum Gasteiger partial charge on any atom is -0.480 e. The fourth-order valence-electron chi connectivity index (χ4n) is 3.82. The summed E-state index contributed by atoms with van der Waals surface area (Å²) in [6.07, 6.45) is 6.79. The number of carboxylic acids is 1. The van der Waals surface area contributed by atoms with Gasteiger partial charge in [0.2, 0.25) is 15.9 Å². The average Bonchev–Trinajstić information content (AvgIpc) is 3.31. The number of aliphatic carboxylic acids is 1. The van der Waals surface area contributed by atoms with Crippen LogP contribution in [0.2, 0.25) is 0 Å². The molecule has 34 heavy (non-hydrogen) atoms. The molecule has 0 aliphatic heterocycles. The SMILES string of the molecule is O=C(CC1=CCCC1)NCCCCC(NS(=O)(=O)c1ccc(-c2ccc(Br)cc2)cc1)C(=O)O. The monoisotopic (exact) mass is 548 g/mol. The van der Waals surface area contributed by atoms with Gasteiger partial charge in [0, 0.05) is 17.4 Å². The Labute approximate surface area is 208 Å². The largest absolute Gasteiger partial charge is 0.480 e. The Kier molecular flexibility index (Phi) is 9.44. The maximum Gasteiger partial charge on any atom is 0.321 e. The molecule has 182 valence electrons. The van der Waals surface area contributed by atoms with Gasteiger partial charge in [-0.15, -0.1) is 0 Å². The van der Waals surface area contributed by atoms with Crippen molar-refractivity contribution < 1.29 is 23.1 Å². The molecule has 0 aromatic heterocycles. The molecule has 0 saturated heterocycles. The van der Waals surface area contributed by atoms with Gasteiger partial charge in [-0.25, -0.2) is 8.42 Å². The second-order valence-electron chi connectivity index (χ2n) is 8.32. The first-order valence-corrected chi connectivity index (χ1v) is 13.6. The Morgan fingerprint density at radius 1 is 1.00 bits per heavy atom. The summed E-state index contributed by atoms with van der Waals surface area (Å²) in [5.74, 6) is -1.26. The Morgan fingerprint density at radius 3 is 2.24 bits per heavy atom. The topological polar surface area (TPSA) is 113 Å². The number of halogens is 1. The molecule has 0 saturated carbocycles. The van der Waals surface area contributed by atoms with Gasteiger partial charge in [0.25, 0.3) is 0 Å². The highest BCUT2D eigenvalue weighted by Gasteiger charge is 2.25. The van der Waals surface area contributed by atoms with Crippen LogP contribution in [0.5, 0.6) is 0 Å². The molecule has 1 unspecified atom stereocenters. The second kappa shape index (κ2) is 12.3. The molecule has 3 N–H and O–H groups in total. The van der Waals surface area contributed by atoms with E-state index in [2.05, 4.69) is 32.0 Å². The molecule has 7 nitrogen and oxygen atoms in total. The highest BCUT2D eigenvalue weighted by atomic mass is 79.9. The van der Waals surface area contributed by atoms with E-state index in [-0.39, 0.29) is 17.2 Å². The van der Waals surface area contributed by atoms with E-state index in [1.807, 2.05) is 24.3 Å². The molecule has 0 radical (unpaired) electrons. The molecule has 9 heteroatoms. The van der Waals surface area contributed by atoms with Crippen molar-refractivity contribution >= 4 is 37.8 Å². The van der Waals surface area contributed by atoms with E-state index < -0.39 is 22.0 Å². The van der Waals surface area contributed by atoms with E-state index in [0.717, 1.165) is 34.9 Å². The van der Waals surface area contributed by atoms with Crippen LogP contribution in [0.3, 0.4) is 0 Å². The fraction of sp³-hybridized carbons (Fsp3) is 0.360. The van der Waals surface area contributed by atoms with Gasteiger partial charge >= 0.3 is 5.97 Å². The average molecular weight is 549 g/mol. The number of allylic oxidation sites excluding steroid dienone is 1. The highest BCUT2D eigenvalue weighted by molar-refractivity contribution is 9.10. The number of hydrogen-bond acceptors (Lipinski definition) is 4. The predicted octanol–water partition coefficient (Wildman–Crippen LogP) is 4.63. The summed E-state index contributed by atoms with van der Waals surface area (Å²) in [4.78, 5) is 23.6. The lowest BCUT2D eigenvalue weighted by atomic mass is 10.1. The second-order valence-corrected chi connectivity index (χ2v) is 11.0. The van der Waals surface area contributed by atoms with E-state index in [4.69, 9.17) is 0 Å². The zero-order chi connectivity index (χ0) is 24.6. The number of amides is 1. The maximum absolute atomic E-state index is 12.7. The van der Waals surface area contributed by atoms with Crippen LogP contribution in [0.15, 0.2) is 69.5 Å². The normalized spacial score (nSPS) is 14.4. The molecule has 0 bridgehead atoms. The van der Waals surface area contributed by atoms with Crippen LogP contribution in [0, 0.1) is 0 Å². The Bertz CT molecular complexity index is 1130. The van der Waals surface area contributed by atoms with E-state index in [1.165, 1.54) is 17.7 Å². The zero-order valence-corrected chi connectivity index (χ0v) is 21.2. The lowest BCUT2D eigenvalue weighted by Crippen LogP contribution is -2.40. The third-order valence-electron chi connectivity index (χ3n) is 5.70. The molecule has 1 aliphatic carbocycles. The molecule has 2 aromatic rings. The van der Waals surface area contributed by atoms with Crippen molar-refractivity contribution in [2.45, 2.75) is 55.9 Å². The summed E-state index contributed by atoms with van der Waals surface area (Å²) in [7, 11) is -3.99. The van der Waals surface area contributed by atoms with Crippen molar-refractivity contribution in [1.82, 2.24) is 10.0 Å². The molecular formula is C25H29BrN2O5S. The molecule has 1 atom stereocenters. The molecule has 0 fully saturated rings. The first-order chi connectivity index (χ1) is 16.2. The third kappa shape index (κ3) is 7.78. The summed E-state index contributed by atoms with van der Waals surface area (Å²) in [6.45, 7) is 0.433. The van der Waals surface area contributed by atoms with Crippen molar-refractivity contribution in [3.05, 3.63) is 64.7 Å². The summed E-state index contributed by atoms with van der Waals surface area (Å²) in [5.41, 5.74) is 2.96. The summed E-state index contributed by atoms with van der Waals surface area (Å²) >= 11 is 3.38. The lowest BCUT2D eigenvalue weighted by molar-refractivity contribution is -0.139. The molecular weight excluding hydrogens is 520 g/mol. The minimum absolute atomic E-state index is 0.00749. The molecule has 1 amide bonds. The van der Waals surface area contributed by atoms with Gasteiger partial charge in [-0.1, -0.05) is 51.8 Å². The number of rotatable bonds is 12. The highest BCUT2D eigenvalue weighted by Crippen LogP contribution is 2.23. The standard InChI is InChI=1S/C25H29BrN2O5S/c26-21-12-8-19(9-13-21)20-10-14-22(15-11-20)34(32,33)28-23(25(30)31)7-3-4-16-27-24(29)17-18-5-1-2-6-18/h5,8-15,23,28H,1-4,6-7,16-17H2,(H,27,29)(H,30,31). The van der Waals surface area contributed by atoms with Gasteiger partial charge in [0.15, 0.2) is 0 Å². The fourth-order valence-corrected chi connectivity index (χ4v) is 5.31. The Morgan fingerprint density at radius 2 is 1.65 bits per heavy atom. The van der Waals surface area contributed by atoms with Crippen LogP contribution >= 0.6 is 15.9 Å². The predicted molar refractivity (Wildman–Crippen MR) is 135 cm³/mol. The van der Waals surface area contributed by atoms with E-state index >= 15 is 0 Å². The van der Waals surface area contributed by atoms with Gasteiger partial charge in [0.1, 0.15) is 6.04 Å². The molecule has 0 heterocycles. The van der Waals surface area contributed by atoms with Gasteiger partial charge in [-0.3, -0.25) is 9.59 Å². The van der Waals surface area contributed by atoms with E-state index in [9.17, 15) is 23.1 Å². The van der Waals surface area contributed by atoms with Crippen molar-refractivity contribution in [1.29, 1.82) is 0 Å². The smallest absolute Gasteiger partial charge is 0.321 e. The Hall–Kier alpha value is -2.49. The number of benzene rings is 2. The molecule has 2 aromatic carbocycles. The number of hydrogen-bond donors (Lipinski definition) is 3. The van der Waals surface area contributed by atoms with Crippen LogP contribution in [-0.4, -0.2) is 38.0 Å². The number of carbonyl (C=O) groups excluding carboxylic acids is 1. The van der Waals surface area contributed by atoms with Crippen LogP contribution in [-0.2, 0) is 19.6 Å². The van der Waals surface area contributed by atoms with Crippen molar-refractivity contribution in [2.75, 3.05) is 6.54 Å². The number of sulfonamides is 1. The lowest BCUT2D eigenvalue weighted by Gasteiger charge is -2.15. The van der Waals surface area contributed by atoms with Gasteiger partial charge in [-0.2, -0.15) is 4.72 Å².